The third kappa shape index (κ3) is 2.35. The van der Waals surface area contributed by atoms with Crippen molar-refractivity contribution in [3.8, 4) is 0 Å². The van der Waals surface area contributed by atoms with Crippen LogP contribution in [0.2, 0.25) is 0 Å². The molecular weight excluding hydrogens is 276 g/mol. The Labute approximate surface area is 107 Å². The van der Waals surface area contributed by atoms with Gasteiger partial charge in [0.15, 0.2) is 0 Å². The van der Waals surface area contributed by atoms with Gasteiger partial charge in [-0.3, -0.25) is 4.79 Å². The van der Waals surface area contributed by atoms with E-state index in [9.17, 15) is 13.2 Å². The van der Waals surface area contributed by atoms with Crippen LogP contribution >= 0.6 is 11.3 Å². The van der Waals surface area contributed by atoms with Crippen molar-refractivity contribution in [2.75, 3.05) is 0 Å². The zero-order chi connectivity index (χ0) is 13.5. The number of carbonyl (C=O) groups is 1. The Morgan fingerprint density at radius 3 is 2.72 bits per heavy atom. The number of carboxylic acid groups (broad SMARTS) is 1. The summed E-state index contributed by atoms with van der Waals surface area (Å²) in [4.78, 5) is 14.8. The molecule has 0 spiro atoms. The molecule has 0 aliphatic heterocycles. The molecule has 8 heteroatoms. The molecule has 1 aromatic carbocycles. The maximum absolute atomic E-state index is 11.2. The highest BCUT2D eigenvalue weighted by molar-refractivity contribution is 7.91. The van der Waals surface area contributed by atoms with Gasteiger partial charge in [-0.2, -0.15) is 0 Å². The molecule has 0 fully saturated rings. The van der Waals surface area contributed by atoms with E-state index in [2.05, 4.69) is 4.98 Å². The Bertz CT molecular complexity index is 721. The zero-order valence-corrected chi connectivity index (χ0v) is 11.0. The summed E-state index contributed by atoms with van der Waals surface area (Å²) in [5.74, 6) is -1.62. The summed E-state index contributed by atoms with van der Waals surface area (Å²) in [6.45, 7) is 1.55. The molecule has 2 rings (SSSR count). The quantitative estimate of drug-likeness (QED) is 0.878. The average molecular weight is 286 g/mol. The van der Waals surface area contributed by atoms with Gasteiger partial charge in [0.05, 0.1) is 16.1 Å². The van der Waals surface area contributed by atoms with Gasteiger partial charge in [-0.25, -0.2) is 18.5 Å². The molecule has 3 N–H and O–H groups in total. The van der Waals surface area contributed by atoms with Crippen LogP contribution in [0.1, 0.15) is 18.4 Å². The lowest BCUT2D eigenvalue weighted by Gasteiger charge is -2.05. The molecule has 96 valence electrons. The number of carboxylic acids is 1. The van der Waals surface area contributed by atoms with Crippen LogP contribution in [0.5, 0.6) is 0 Å². The molecule has 0 saturated heterocycles. The van der Waals surface area contributed by atoms with Gasteiger partial charge in [0, 0.05) is 0 Å². The fourth-order valence-corrected chi connectivity index (χ4v) is 3.09. The predicted molar refractivity (Wildman–Crippen MR) is 67.0 cm³/mol. The van der Waals surface area contributed by atoms with Crippen LogP contribution < -0.4 is 5.14 Å². The second kappa shape index (κ2) is 4.30. The van der Waals surface area contributed by atoms with E-state index in [4.69, 9.17) is 10.2 Å². The zero-order valence-electron chi connectivity index (χ0n) is 9.32. The van der Waals surface area contributed by atoms with E-state index in [1.807, 2.05) is 0 Å². The molecule has 6 nitrogen and oxygen atoms in total. The fourth-order valence-electron chi connectivity index (χ4n) is 1.46. The highest BCUT2D eigenvalue weighted by Crippen LogP contribution is 2.27. The number of hydrogen-bond acceptors (Lipinski definition) is 5. The SMILES string of the molecule is CC(C(=O)O)c1ccc2sc(S(N)(=O)=O)nc2c1. The Hall–Kier alpha value is -1.51. The number of primary sulfonamides is 1. The van der Waals surface area contributed by atoms with Crippen molar-refractivity contribution in [1.82, 2.24) is 4.98 Å². The second-order valence-corrected chi connectivity index (χ2v) is 6.58. The molecule has 0 radical (unpaired) electrons. The summed E-state index contributed by atoms with van der Waals surface area (Å²) in [7, 11) is -3.82. The maximum Gasteiger partial charge on any atom is 0.310 e. The topological polar surface area (TPSA) is 110 Å². The van der Waals surface area contributed by atoms with Crippen LogP contribution in [-0.4, -0.2) is 24.5 Å². The smallest absolute Gasteiger partial charge is 0.310 e. The predicted octanol–water partition coefficient (Wildman–Crippen LogP) is 1.13. The van der Waals surface area contributed by atoms with Gasteiger partial charge < -0.3 is 5.11 Å². The third-order valence-electron chi connectivity index (χ3n) is 2.51. The fraction of sp³-hybridized carbons (Fsp3) is 0.200. The number of nitrogens with zero attached hydrogens (tertiary/aromatic N) is 1. The van der Waals surface area contributed by atoms with Crippen molar-refractivity contribution in [2.45, 2.75) is 17.2 Å². The second-order valence-electron chi connectivity index (χ2n) is 3.81. The first-order valence-electron chi connectivity index (χ1n) is 4.95. The molecule has 0 aliphatic carbocycles. The van der Waals surface area contributed by atoms with Crippen molar-refractivity contribution in [1.29, 1.82) is 0 Å². The highest BCUT2D eigenvalue weighted by atomic mass is 32.2. The van der Waals surface area contributed by atoms with Gasteiger partial charge in [0.2, 0.25) is 4.34 Å². The summed E-state index contributed by atoms with van der Waals surface area (Å²) in [6, 6.07) is 4.86. The Morgan fingerprint density at radius 1 is 1.50 bits per heavy atom. The summed E-state index contributed by atoms with van der Waals surface area (Å²) < 4.78 is 22.8. The van der Waals surface area contributed by atoms with E-state index in [1.54, 1.807) is 25.1 Å². The summed E-state index contributed by atoms with van der Waals surface area (Å²) in [5.41, 5.74) is 1.01. The van der Waals surface area contributed by atoms with Crippen LogP contribution in [-0.2, 0) is 14.8 Å². The van der Waals surface area contributed by atoms with Gasteiger partial charge in [-0.05, 0) is 24.6 Å². The molecule has 1 atom stereocenters. The standard InChI is InChI=1S/C10H10N2O4S2/c1-5(9(13)14)6-2-3-8-7(4-6)12-10(17-8)18(11,15)16/h2-5H,1H3,(H,13,14)(H2,11,15,16). The number of sulfonamides is 1. The van der Waals surface area contributed by atoms with E-state index in [0.717, 1.165) is 11.3 Å². The lowest BCUT2D eigenvalue weighted by molar-refractivity contribution is -0.138. The van der Waals surface area contributed by atoms with Crippen LogP contribution in [0.25, 0.3) is 10.2 Å². The maximum atomic E-state index is 11.2. The van der Waals surface area contributed by atoms with Crippen molar-refractivity contribution >= 4 is 37.5 Å². The minimum Gasteiger partial charge on any atom is -0.481 e. The van der Waals surface area contributed by atoms with E-state index < -0.39 is 21.9 Å². The lowest BCUT2D eigenvalue weighted by atomic mass is 10.0. The summed E-state index contributed by atoms with van der Waals surface area (Å²) in [5, 5.41) is 13.9. The summed E-state index contributed by atoms with van der Waals surface area (Å²) in [6.07, 6.45) is 0. The number of fused-ring (bicyclic) bond motifs is 1. The van der Waals surface area contributed by atoms with Gasteiger partial charge >= 0.3 is 5.97 Å². The molecule has 1 aromatic heterocycles. The molecule has 1 heterocycles. The minimum absolute atomic E-state index is 0.169. The molecule has 0 saturated carbocycles. The van der Waals surface area contributed by atoms with E-state index >= 15 is 0 Å². The normalized spacial score (nSPS) is 13.7. The third-order valence-corrected chi connectivity index (χ3v) is 4.86. The van der Waals surface area contributed by atoms with Crippen LogP contribution in [0, 0.1) is 0 Å². The highest BCUT2D eigenvalue weighted by Gasteiger charge is 2.17. The number of aromatic nitrogens is 1. The number of aliphatic carboxylic acids is 1. The molecule has 0 amide bonds. The molecule has 18 heavy (non-hydrogen) atoms. The first-order chi connectivity index (χ1) is 8.29. The lowest BCUT2D eigenvalue weighted by Crippen LogP contribution is -2.11. The average Bonchev–Trinajstić information content (AvgIpc) is 2.69. The molecular formula is C10H10N2O4S2. The van der Waals surface area contributed by atoms with Gasteiger partial charge in [-0.15, -0.1) is 11.3 Å². The van der Waals surface area contributed by atoms with Crippen molar-refractivity contribution in [3.63, 3.8) is 0 Å². The van der Waals surface area contributed by atoms with Crippen LogP contribution in [0.15, 0.2) is 22.5 Å². The van der Waals surface area contributed by atoms with Gasteiger partial charge in [0.1, 0.15) is 0 Å². The number of rotatable bonds is 3. The summed E-state index contributed by atoms with van der Waals surface area (Å²) >= 11 is 0.962. The monoisotopic (exact) mass is 286 g/mol. The van der Waals surface area contributed by atoms with Crippen molar-refractivity contribution in [2.24, 2.45) is 5.14 Å². The molecule has 1 unspecified atom stereocenters. The van der Waals surface area contributed by atoms with Crippen LogP contribution in [0.4, 0.5) is 0 Å². The Morgan fingerprint density at radius 2 is 2.17 bits per heavy atom. The number of benzene rings is 1. The number of nitrogens with two attached hydrogens (primary N) is 1. The molecule has 2 aromatic rings. The molecule has 0 aliphatic rings. The van der Waals surface area contributed by atoms with E-state index in [-0.39, 0.29) is 4.34 Å². The number of thiazole rings is 1. The Kier molecular flexibility index (Phi) is 3.09. The van der Waals surface area contributed by atoms with E-state index in [1.165, 1.54) is 0 Å². The minimum atomic E-state index is -3.82. The van der Waals surface area contributed by atoms with Gasteiger partial charge in [0.25, 0.3) is 10.0 Å². The Balaban J connectivity index is 2.56. The first kappa shape index (κ1) is 12.9. The number of hydrogen-bond donors (Lipinski definition) is 2. The largest absolute Gasteiger partial charge is 0.481 e. The molecule has 0 bridgehead atoms. The van der Waals surface area contributed by atoms with Crippen LogP contribution in [0.3, 0.4) is 0 Å². The first-order valence-corrected chi connectivity index (χ1v) is 7.31. The van der Waals surface area contributed by atoms with Crippen molar-refractivity contribution in [3.05, 3.63) is 23.8 Å². The van der Waals surface area contributed by atoms with E-state index in [0.29, 0.717) is 15.8 Å². The van der Waals surface area contributed by atoms with Gasteiger partial charge in [-0.1, -0.05) is 6.07 Å². The van der Waals surface area contributed by atoms with Crippen molar-refractivity contribution < 1.29 is 18.3 Å².